The van der Waals surface area contributed by atoms with Crippen molar-refractivity contribution >= 4 is 23.0 Å². The molecule has 1 N–H and O–H groups in total. The van der Waals surface area contributed by atoms with Crippen molar-refractivity contribution in [2.75, 3.05) is 6.61 Å². The molecule has 0 saturated carbocycles. The van der Waals surface area contributed by atoms with Crippen molar-refractivity contribution < 1.29 is 4.74 Å². The maximum absolute atomic E-state index is 12.9. The minimum absolute atomic E-state index is 0.191. The lowest BCUT2D eigenvalue weighted by molar-refractivity contribution is 0.320. The molecule has 1 aromatic carbocycles. The predicted octanol–water partition coefficient (Wildman–Crippen LogP) is 4.99. The Morgan fingerprint density at radius 3 is 2.52 bits per heavy atom. The number of nitrogens with zero attached hydrogens (tertiary/aromatic N) is 5. The Balaban J connectivity index is 2.01. The third kappa shape index (κ3) is 4.54. The summed E-state index contributed by atoms with van der Waals surface area (Å²) in [5.41, 5.74) is 2.70. The Morgan fingerprint density at radius 1 is 1.14 bits per heavy atom. The summed E-state index contributed by atoms with van der Waals surface area (Å²) in [4.78, 5) is 21.9. The van der Waals surface area contributed by atoms with Crippen molar-refractivity contribution in [3.05, 3.63) is 56.6 Å². The third-order valence-corrected chi connectivity index (χ3v) is 4.53. The number of benzene rings is 1. The highest BCUT2D eigenvalue weighted by molar-refractivity contribution is 6.30. The summed E-state index contributed by atoms with van der Waals surface area (Å²) in [6.45, 7) is 8.09. The Bertz CT molecular complexity index is 1090. The first-order chi connectivity index (χ1) is 13.9. The Labute approximate surface area is 173 Å². The number of azo groups is 1. The molecule has 2 heterocycles. The fourth-order valence-corrected chi connectivity index (χ4v) is 2.99. The van der Waals surface area contributed by atoms with Crippen molar-refractivity contribution in [3.63, 3.8) is 0 Å². The summed E-state index contributed by atoms with van der Waals surface area (Å²) >= 11 is 5.87. The summed E-state index contributed by atoms with van der Waals surface area (Å²) in [6, 6.07) is 6.86. The lowest BCUT2D eigenvalue weighted by atomic mass is 10.1. The number of hydrogen-bond acceptors (Lipinski definition) is 6. The number of rotatable bonds is 7. The zero-order valence-electron chi connectivity index (χ0n) is 16.9. The SMILES string of the molecule is CCCc1c(C)nc(-n2[nH]c(C)c(N=Nc3ccc(Cl)cc3)c2=O)nc1OCC. The van der Waals surface area contributed by atoms with E-state index in [2.05, 4.69) is 32.2 Å². The zero-order valence-corrected chi connectivity index (χ0v) is 17.6. The molecule has 3 aromatic rings. The highest BCUT2D eigenvalue weighted by Gasteiger charge is 2.18. The van der Waals surface area contributed by atoms with E-state index in [1.165, 1.54) is 4.68 Å². The van der Waals surface area contributed by atoms with Crippen LogP contribution in [0.25, 0.3) is 5.95 Å². The van der Waals surface area contributed by atoms with Crippen LogP contribution in [0, 0.1) is 13.8 Å². The van der Waals surface area contributed by atoms with Gasteiger partial charge in [-0.15, -0.1) is 5.11 Å². The van der Waals surface area contributed by atoms with Gasteiger partial charge >= 0.3 is 5.56 Å². The van der Waals surface area contributed by atoms with Gasteiger partial charge in [-0.2, -0.15) is 14.8 Å². The number of nitrogens with one attached hydrogen (secondary N) is 1. The van der Waals surface area contributed by atoms with E-state index in [0.29, 0.717) is 28.9 Å². The molecule has 2 aromatic heterocycles. The van der Waals surface area contributed by atoms with E-state index in [9.17, 15) is 4.79 Å². The van der Waals surface area contributed by atoms with E-state index in [-0.39, 0.29) is 17.2 Å². The number of aromatic amines is 1. The van der Waals surface area contributed by atoms with Crippen molar-refractivity contribution in [1.29, 1.82) is 0 Å². The van der Waals surface area contributed by atoms with Crippen LogP contribution in [0.3, 0.4) is 0 Å². The molecular formula is C20H23ClN6O2. The first kappa shape index (κ1) is 20.7. The topological polar surface area (TPSA) is 97.5 Å². The van der Waals surface area contributed by atoms with Gasteiger partial charge in [-0.05, 0) is 51.5 Å². The van der Waals surface area contributed by atoms with Gasteiger partial charge in [0.25, 0.3) is 5.95 Å². The van der Waals surface area contributed by atoms with E-state index < -0.39 is 0 Å². The maximum Gasteiger partial charge on any atom is 0.301 e. The van der Waals surface area contributed by atoms with Gasteiger partial charge in [-0.3, -0.25) is 9.89 Å². The zero-order chi connectivity index (χ0) is 21.0. The summed E-state index contributed by atoms with van der Waals surface area (Å²) in [5, 5.41) is 11.8. The number of halogens is 1. The van der Waals surface area contributed by atoms with Crippen molar-refractivity contribution in [1.82, 2.24) is 19.7 Å². The van der Waals surface area contributed by atoms with Crippen LogP contribution < -0.4 is 10.3 Å². The normalized spacial score (nSPS) is 11.3. The molecule has 152 valence electrons. The van der Waals surface area contributed by atoms with E-state index in [1.807, 2.05) is 13.8 Å². The molecule has 3 rings (SSSR count). The minimum atomic E-state index is -0.384. The number of aromatic nitrogens is 4. The molecule has 0 aliphatic heterocycles. The molecule has 0 bridgehead atoms. The van der Waals surface area contributed by atoms with Gasteiger partial charge in [-0.1, -0.05) is 24.9 Å². The number of H-pyrrole nitrogens is 1. The highest BCUT2D eigenvalue weighted by Crippen LogP contribution is 2.23. The van der Waals surface area contributed by atoms with Crippen molar-refractivity contribution in [2.45, 2.75) is 40.5 Å². The lowest BCUT2D eigenvalue weighted by Gasteiger charge is -2.12. The second-order valence-corrected chi connectivity index (χ2v) is 6.91. The average Bonchev–Trinajstić information content (AvgIpc) is 2.98. The van der Waals surface area contributed by atoms with E-state index >= 15 is 0 Å². The number of aryl methyl sites for hydroxylation is 2. The molecule has 0 aliphatic carbocycles. The van der Waals surface area contributed by atoms with Crippen LogP contribution in [0.15, 0.2) is 39.3 Å². The highest BCUT2D eigenvalue weighted by atomic mass is 35.5. The van der Waals surface area contributed by atoms with Crippen LogP contribution in [0.5, 0.6) is 5.88 Å². The Hall–Kier alpha value is -3.00. The lowest BCUT2D eigenvalue weighted by Crippen LogP contribution is -2.19. The van der Waals surface area contributed by atoms with E-state index in [1.54, 1.807) is 31.2 Å². The molecule has 0 saturated heterocycles. The van der Waals surface area contributed by atoms with Crippen molar-refractivity contribution in [3.8, 4) is 11.8 Å². The molecular weight excluding hydrogens is 392 g/mol. The van der Waals surface area contributed by atoms with Crippen LogP contribution in [0.4, 0.5) is 11.4 Å². The third-order valence-electron chi connectivity index (χ3n) is 4.28. The molecule has 0 amide bonds. The Morgan fingerprint density at radius 2 is 1.86 bits per heavy atom. The van der Waals surface area contributed by atoms with Gasteiger partial charge in [0.2, 0.25) is 5.88 Å². The second kappa shape index (κ2) is 9.00. The summed E-state index contributed by atoms with van der Waals surface area (Å²) in [5.74, 6) is 0.715. The molecule has 0 radical (unpaired) electrons. The van der Waals surface area contributed by atoms with Crippen LogP contribution in [0.1, 0.15) is 37.2 Å². The summed E-state index contributed by atoms with van der Waals surface area (Å²) in [7, 11) is 0. The predicted molar refractivity (Wildman–Crippen MR) is 112 cm³/mol. The first-order valence-electron chi connectivity index (χ1n) is 9.44. The van der Waals surface area contributed by atoms with Gasteiger partial charge in [0.15, 0.2) is 5.69 Å². The maximum atomic E-state index is 12.9. The molecule has 0 aliphatic rings. The van der Waals surface area contributed by atoms with E-state index in [4.69, 9.17) is 16.3 Å². The second-order valence-electron chi connectivity index (χ2n) is 6.48. The average molecular weight is 415 g/mol. The summed E-state index contributed by atoms with van der Waals surface area (Å²) in [6.07, 6.45) is 1.75. The van der Waals surface area contributed by atoms with Crippen LogP contribution in [-0.2, 0) is 6.42 Å². The van der Waals surface area contributed by atoms with Gasteiger partial charge in [0.05, 0.1) is 18.0 Å². The first-order valence-corrected chi connectivity index (χ1v) is 9.82. The van der Waals surface area contributed by atoms with Crippen LogP contribution >= 0.6 is 11.6 Å². The molecule has 8 nitrogen and oxygen atoms in total. The minimum Gasteiger partial charge on any atom is -0.478 e. The van der Waals surface area contributed by atoms with E-state index in [0.717, 1.165) is 24.1 Å². The Kier molecular flexibility index (Phi) is 6.43. The van der Waals surface area contributed by atoms with Crippen LogP contribution in [-0.4, -0.2) is 26.4 Å². The molecule has 0 fully saturated rings. The van der Waals surface area contributed by atoms with Gasteiger partial charge in [0, 0.05) is 16.3 Å². The monoisotopic (exact) mass is 414 g/mol. The van der Waals surface area contributed by atoms with Gasteiger partial charge in [-0.25, -0.2) is 4.98 Å². The molecule has 0 unspecified atom stereocenters. The van der Waals surface area contributed by atoms with Gasteiger partial charge < -0.3 is 4.74 Å². The number of ether oxygens (including phenoxy) is 1. The summed E-state index contributed by atoms with van der Waals surface area (Å²) < 4.78 is 6.95. The van der Waals surface area contributed by atoms with Gasteiger partial charge in [0.1, 0.15) is 0 Å². The molecule has 9 heteroatoms. The standard InChI is InChI=1S/C20H23ClN6O2/c1-5-7-16-12(3)22-20(23-18(16)29-6-2)27-19(28)17(13(4)26-27)25-24-15-10-8-14(21)9-11-15/h8-11,26H,5-7H2,1-4H3. The van der Waals surface area contributed by atoms with Crippen LogP contribution in [0.2, 0.25) is 5.02 Å². The fraction of sp³-hybridized carbons (Fsp3) is 0.350. The smallest absolute Gasteiger partial charge is 0.301 e. The number of hydrogen-bond donors (Lipinski definition) is 1. The largest absolute Gasteiger partial charge is 0.478 e. The molecule has 0 spiro atoms. The molecule has 29 heavy (non-hydrogen) atoms. The molecule has 0 atom stereocenters. The quantitative estimate of drug-likeness (QED) is 0.550. The van der Waals surface area contributed by atoms with Crippen molar-refractivity contribution in [2.24, 2.45) is 10.2 Å². The fourth-order valence-electron chi connectivity index (χ4n) is 2.86.